The molecule has 0 aromatic carbocycles. The van der Waals surface area contributed by atoms with E-state index in [0.717, 1.165) is 0 Å². The molecule has 0 saturated heterocycles. The summed E-state index contributed by atoms with van der Waals surface area (Å²) in [5, 5.41) is 12.3. The fourth-order valence-corrected chi connectivity index (χ4v) is 0.723. The van der Waals surface area contributed by atoms with Crippen LogP contribution < -0.4 is 0 Å². The minimum Gasteiger partial charge on any atom is -0.258 e. The monoisotopic (exact) mass is 181 g/mol. The van der Waals surface area contributed by atoms with Crippen molar-refractivity contribution in [2.45, 2.75) is 0 Å². The molecule has 0 aliphatic rings. The van der Waals surface area contributed by atoms with Gasteiger partial charge in [0.25, 0.3) is 5.69 Å². The molecule has 0 radical (unpaired) electrons. The first-order chi connectivity index (χ1) is 5.74. The van der Waals surface area contributed by atoms with Gasteiger partial charge in [0.15, 0.2) is 5.82 Å². The summed E-state index contributed by atoms with van der Waals surface area (Å²) in [6.07, 6.45) is 1.30. The van der Waals surface area contributed by atoms with Gasteiger partial charge in [-0.05, 0) is 12.2 Å². The van der Waals surface area contributed by atoms with Crippen LogP contribution in [-0.4, -0.2) is 15.1 Å². The molecular weight excluding hydrogens is 178 g/mol. The third-order valence-electron chi connectivity index (χ3n) is 1.10. The average Bonchev–Trinajstić information content (AvgIpc) is 2.05. The molecule has 0 amide bonds. The first-order valence-corrected chi connectivity index (χ1v) is 3.33. The summed E-state index contributed by atoms with van der Waals surface area (Å²) in [7, 11) is 0. The van der Waals surface area contributed by atoms with Gasteiger partial charge in [0.1, 0.15) is 0 Å². The maximum atomic E-state index is 10.2. The number of nitro groups is 1. The van der Waals surface area contributed by atoms with E-state index >= 15 is 0 Å². The summed E-state index contributed by atoms with van der Waals surface area (Å²) >= 11 is 4.32. The van der Waals surface area contributed by atoms with Crippen LogP contribution in [0.2, 0.25) is 0 Å². The highest BCUT2D eigenvalue weighted by atomic mass is 32.1. The third kappa shape index (κ3) is 1.91. The molecule has 0 aliphatic carbocycles. The van der Waals surface area contributed by atoms with E-state index in [9.17, 15) is 10.1 Å². The molecule has 0 fully saturated rings. The van der Waals surface area contributed by atoms with Crippen molar-refractivity contribution in [3.05, 3.63) is 28.4 Å². The highest BCUT2D eigenvalue weighted by Crippen LogP contribution is 2.15. The summed E-state index contributed by atoms with van der Waals surface area (Å²) < 4.78 is 0. The van der Waals surface area contributed by atoms with Gasteiger partial charge in [-0.1, -0.05) is 0 Å². The average molecular weight is 181 g/mol. The summed E-state index contributed by atoms with van der Waals surface area (Å²) in [5.41, 5.74) is -0.0611. The minimum atomic E-state index is -0.524. The lowest BCUT2D eigenvalue weighted by atomic mass is 10.4. The van der Waals surface area contributed by atoms with Crippen molar-refractivity contribution < 1.29 is 4.92 Å². The van der Waals surface area contributed by atoms with Gasteiger partial charge in [-0.15, -0.1) is 0 Å². The second-order valence-electron chi connectivity index (χ2n) is 1.83. The predicted molar refractivity (Wildman–Crippen MR) is 45.6 cm³/mol. The Bertz CT molecular complexity index is 342. The third-order valence-corrected chi connectivity index (χ3v) is 1.19. The zero-order valence-corrected chi connectivity index (χ0v) is 6.61. The Hall–Kier alpha value is -1.65. The van der Waals surface area contributed by atoms with Crippen molar-refractivity contribution >= 4 is 28.9 Å². The van der Waals surface area contributed by atoms with Crippen molar-refractivity contribution in [3.63, 3.8) is 0 Å². The van der Waals surface area contributed by atoms with Gasteiger partial charge >= 0.3 is 0 Å². The van der Waals surface area contributed by atoms with Gasteiger partial charge in [0.2, 0.25) is 0 Å². The van der Waals surface area contributed by atoms with Crippen LogP contribution in [0.5, 0.6) is 0 Å². The number of thiocarbonyl (C=S) groups is 1. The van der Waals surface area contributed by atoms with Gasteiger partial charge < -0.3 is 0 Å². The molecule has 0 atom stereocenters. The Balaban J connectivity index is 3.11. The largest absolute Gasteiger partial charge is 0.274 e. The van der Waals surface area contributed by atoms with Crippen molar-refractivity contribution in [2.75, 3.05) is 0 Å². The highest BCUT2D eigenvalue weighted by Gasteiger charge is 2.04. The number of rotatable bonds is 2. The molecule has 0 saturated carbocycles. The number of pyridine rings is 1. The molecule has 5 nitrogen and oxygen atoms in total. The van der Waals surface area contributed by atoms with Crippen LogP contribution >= 0.6 is 12.2 Å². The molecule has 1 aromatic rings. The Morgan fingerprint density at radius 2 is 2.50 bits per heavy atom. The lowest BCUT2D eigenvalue weighted by Crippen LogP contribution is -1.87. The Labute approximate surface area is 72.9 Å². The van der Waals surface area contributed by atoms with Crippen LogP contribution in [-0.2, 0) is 0 Å². The maximum absolute atomic E-state index is 10.2. The number of isothiocyanates is 1. The minimum absolute atomic E-state index is 0.0611. The molecule has 0 bridgehead atoms. The Morgan fingerprint density at radius 1 is 1.75 bits per heavy atom. The first-order valence-electron chi connectivity index (χ1n) is 2.92. The number of hydrogen-bond donors (Lipinski definition) is 0. The van der Waals surface area contributed by atoms with E-state index in [0.29, 0.717) is 0 Å². The quantitative estimate of drug-likeness (QED) is 0.301. The van der Waals surface area contributed by atoms with Crippen molar-refractivity contribution in [2.24, 2.45) is 4.99 Å². The van der Waals surface area contributed by atoms with Gasteiger partial charge in [0.05, 0.1) is 16.2 Å². The van der Waals surface area contributed by atoms with Crippen molar-refractivity contribution in [3.8, 4) is 0 Å². The van der Waals surface area contributed by atoms with Gasteiger partial charge in [-0.25, -0.2) is 4.98 Å². The fourth-order valence-electron chi connectivity index (χ4n) is 0.629. The first kappa shape index (κ1) is 8.45. The number of aliphatic imine (C=N–C) groups is 1. The maximum Gasteiger partial charge on any atom is 0.274 e. The highest BCUT2D eigenvalue weighted by molar-refractivity contribution is 7.78. The van der Waals surface area contributed by atoms with Crippen LogP contribution in [0.1, 0.15) is 0 Å². The molecule has 60 valence electrons. The van der Waals surface area contributed by atoms with E-state index in [4.69, 9.17) is 0 Å². The fraction of sp³-hybridized carbons (Fsp3) is 0. The summed E-state index contributed by atoms with van der Waals surface area (Å²) in [6.45, 7) is 0. The number of nitrogens with zero attached hydrogens (tertiary/aromatic N) is 3. The van der Waals surface area contributed by atoms with E-state index in [1.165, 1.54) is 18.3 Å². The number of aromatic nitrogens is 1. The van der Waals surface area contributed by atoms with E-state index < -0.39 is 4.92 Å². The van der Waals surface area contributed by atoms with Crippen LogP contribution in [0, 0.1) is 10.1 Å². The van der Waals surface area contributed by atoms with E-state index in [2.05, 4.69) is 27.4 Å². The molecule has 0 N–H and O–H groups in total. The molecule has 0 aliphatic heterocycles. The predicted octanol–water partition coefficient (Wildman–Crippen LogP) is 1.72. The lowest BCUT2D eigenvalue weighted by Gasteiger charge is -1.90. The molecule has 1 rings (SSSR count). The van der Waals surface area contributed by atoms with E-state index in [-0.39, 0.29) is 11.5 Å². The normalized spacial score (nSPS) is 8.67. The summed E-state index contributed by atoms with van der Waals surface area (Å²) in [4.78, 5) is 16.9. The Morgan fingerprint density at radius 3 is 3.08 bits per heavy atom. The summed E-state index contributed by atoms with van der Waals surface area (Å²) in [6, 6.07) is 2.50. The Kier molecular flexibility index (Phi) is 2.57. The van der Waals surface area contributed by atoms with Crippen molar-refractivity contribution in [1.82, 2.24) is 4.98 Å². The topological polar surface area (TPSA) is 68.4 Å². The van der Waals surface area contributed by atoms with E-state index in [1.807, 2.05) is 0 Å². The van der Waals surface area contributed by atoms with Gasteiger partial charge in [-0.3, -0.25) is 10.1 Å². The van der Waals surface area contributed by atoms with Crippen LogP contribution in [0.25, 0.3) is 0 Å². The van der Waals surface area contributed by atoms with Gasteiger partial charge in [0, 0.05) is 12.3 Å². The zero-order valence-electron chi connectivity index (χ0n) is 5.80. The molecule has 0 unspecified atom stereocenters. The summed E-state index contributed by atoms with van der Waals surface area (Å²) in [5.74, 6) is 0.194. The zero-order chi connectivity index (χ0) is 8.97. The standard InChI is InChI=1S/C6H3N3O2S/c10-9(11)5-1-2-7-6(3-5)8-4-12/h1-3H. The number of hydrogen-bond acceptors (Lipinski definition) is 5. The molecule has 1 aromatic heterocycles. The smallest absolute Gasteiger partial charge is 0.258 e. The lowest BCUT2D eigenvalue weighted by molar-refractivity contribution is -0.384. The molecule has 0 spiro atoms. The van der Waals surface area contributed by atoms with Crippen LogP contribution in [0.3, 0.4) is 0 Å². The van der Waals surface area contributed by atoms with E-state index in [1.54, 1.807) is 0 Å². The van der Waals surface area contributed by atoms with Crippen molar-refractivity contribution in [1.29, 1.82) is 0 Å². The SMILES string of the molecule is O=[N+]([O-])c1ccnc(N=C=S)c1. The second-order valence-corrected chi connectivity index (χ2v) is 2.02. The molecule has 1 heterocycles. The second kappa shape index (κ2) is 3.66. The molecule has 6 heteroatoms. The molecular formula is C6H3N3O2S. The van der Waals surface area contributed by atoms with Crippen LogP contribution in [0.15, 0.2) is 23.3 Å². The molecule has 12 heavy (non-hydrogen) atoms. The van der Waals surface area contributed by atoms with Crippen LogP contribution in [0.4, 0.5) is 11.5 Å². The van der Waals surface area contributed by atoms with Gasteiger partial charge in [-0.2, -0.15) is 4.99 Å².